The molecule has 2 aromatic rings. The summed E-state index contributed by atoms with van der Waals surface area (Å²) >= 11 is 6.02. The third kappa shape index (κ3) is 4.58. The Labute approximate surface area is 162 Å². The first-order chi connectivity index (χ1) is 12.6. The lowest BCUT2D eigenvalue weighted by atomic mass is 10.1. The fraction of sp³-hybridized carbons (Fsp3) is 0.222. The zero-order chi connectivity index (χ0) is 20.4. The number of anilines is 1. The van der Waals surface area contributed by atoms with Gasteiger partial charge in [-0.25, -0.2) is 18.0 Å². The lowest BCUT2D eigenvalue weighted by Crippen LogP contribution is -2.16. The van der Waals surface area contributed by atoms with Crippen molar-refractivity contribution in [1.29, 1.82) is 0 Å². The molecule has 0 aliphatic carbocycles. The molecule has 0 fully saturated rings. The van der Waals surface area contributed by atoms with E-state index in [4.69, 9.17) is 11.6 Å². The molecule has 2 aromatic carbocycles. The number of carbonyl (C=O) groups excluding carboxylic acids is 2. The average molecular weight is 412 g/mol. The first-order valence-electron chi connectivity index (χ1n) is 7.70. The van der Waals surface area contributed by atoms with Crippen molar-refractivity contribution in [2.24, 2.45) is 0 Å². The predicted octanol–water partition coefficient (Wildman–Crippen LogP) is 3.33. The minimum atomic E-state index is -3.99. The number of rotatable bonds is 5. The molecule has 0 saturated heterocycles. The molecule has 7 nitrogen and oxygen atoms in total. The number of methoxy groups -OCH3 is 2. The summed E-state index contributed by atoms with van der Waals surface area (Å²) in [6.07, 6.45) is 0. The number of sulfonamides is 1. The van der Waals surface area contributed by atoms with Crippen LogP contribution in [0.3, 0.4) is 0 Å². The average Bonchev–Trinajstić information content (AvgIpc) is 2.62. The van der Waals surface area contributed by atoms with E-state index in [1.54, 1.807) is 19.9 Å². The van der Waals surface area contributed by atoms with Gasteiger partial charge in [-0.05, 0) is 55.3 Å². The number of ether oxygens (including phenoxy) is 2. The van der Waals surface area contributed by atoms with Gasteiger partial charge in [0.2, 0.25) is 0 Å². The molecule has 2 rings (SSSR count). The van der Waals surface area contributed by atoms with Crippen LogP contribution in [-0.2, 0) is 19.5 Å². The van der Waals surface area contributed by atoms with Crippen LogP contribution in [0.25, 0.3) is 0 Å². The van der Waals surface area contributed by atoms with Gasteiger partial charge in [-0.3, -0.25) is 4.72 Å². The van der Waals surface area contributed by atoms with Gasteiger partial charge in [-0.15, -0.1) is 0 Å². The summed E-state index contributed by atoms with van der Waals surface area (Å²) in [5.41, 5.74) is 1.08. The van der Waals surface area contributed by atoms with Crippen molar-refractivity contribution in [2.75, 3.05) is 18.9 Å². The molecule has 0 aromatic heterocycles. The molecule has 0 unspecified atom stereocenters. The third-order valence-electron chi connectivity index (χ3n) is 3.77. The van der Waals surface area contributed by atoms with E-state index in [0.29, 0.717) is 16.1 Å². The molecule has 0 heterocycles. The van der Waals surface area contributed by atoms with Gasteiger partial charge in [0.15, 0.2) is 0 Å². The van der Waals surface area contributed by atoms with Crippen molar-refractivity contribution in [3.8, 4) is 0 Å². The van der Waals surface area contributed by atoms with Crippen LogP contribution >= 0.6 is 11.6 Å². The molecule has 0 atom stereocenters. The number of halogens is 1. The highest BCUT2D eigenvalue weighted by Crippen LogP contribution is 2.26. The minimum absolute atomic E-state index is 0.00195. The minimum Gasteiger partial charge on any atom is -0.465 e. The quantitative estimate of drug-likeness (QED) is 0.757. The molecule has 0 radical (unpaired) electrons. The molecule has 0 bridgehead atoms. The van der Waals surface area contributed by atoms with E-state index in [2.05, 4.69) is 14.2 Å². The monoisotopic (exact) mass is 411 g/mol. The second-order valence-corrected chi connectivity index (χ2v) is 7.81. The molecule has 1 N–H and O–H groups in total. The van der Waals surface area contributed by atoms with Gasteiger partial charge in [0.1, 0.15) is 0 Å². The Morgan fingerprint density at radius 2 is 1.41 bits per heavy atom. The van der Waals surface area contributed by atoms with Crippen LogP contribution in [0.5, 0.6) is 0 Å². The molecular weight excluding hydrogens is 394 g/mol. The maximum absolute atomic E-state index is 12.8. The molecule has 0 spiro atoms. The lowest BCUT2D eigenvalue weighted by molar-refractivity contribution is 0.0599. The van der Waals surface area contributed by atoms with Crippen LogP contribution in [-0.4, -0.2) is 34.6 Å². The standard InChI is InChI=1S/C18H18ClNO6S/c1-10-6-16(11(2)5-15(10)19)27(23,24)20-14-8-12(17(21)25-3)7-13(9-14)18(22)26-4/h5-9,20H,1-4H3. The van der Waals surface area contributed by atoms with Gasteiger partial charge in [-0.2, -0.15) is 0 Å². The molecule has 0 aliphatic rings. The van der Waals surface area contributed by atoms with Crippen molar-refractivity contribution in [3.05, 3.63) is 57.6 Å². The summed E-state index contributed by atoms with van der Waals surface area (Å²) in [4.78, 5) is 23.7. The molecular formula is C18H18ClNO6S. The van der Waals surface area contributed by atoms with Crippen molar-refractivity contribution >= 4 is 39.3 Å². The van der Waals surface area contributed by atoms with E-state index < -0.39 is 22.0 Å². The number of nitrogens with one attached hydrogen (secondary N) is 1. The first kappa shape index (κ1) is 20.7. The molecule has 0 aliphatic heterocycles. The van der Waals surface area contributed by atoms with Crippen LogP contribution in [0.15, 0.2) is 35.2 Å². The Morgan fingerprint density at radius 3 is 1.89 bits per heavy atom. The fourth-order valence-corrected chi connectivity index (χ4v) is 3.98. The first-order valence-corrected chi connectivity index (χ1v) is 9.56. The van der Waals surface area contributed by atoms with Crippen LogP contribution in [0.4, 0.5) is 5.69 Å². The maximum atomic E-state index is 12.8. The highest BCUT2D eigenvalue weighted by Gasteiger charge is 2.21. The van der Waals surface area contributed by atoms with Crippen molar-refractivity contribution in [2.45, 2.75) is 18.7 Å². The summed E-state index contributed by atoms with van der Waals surface area (Å²) in [6, 6.07) is 6.80. The van der Waals surface area contributed by atoms with E-state index in [-0.39, 0.29) is 21.7 Å². The van der Waals surface area contributed by atoms with Crippen LogP contribution in [0, 0.1) is 13.8 Å². The zero-order valence-corrected chi connectivity index (χ0v) is 16.7. The summed E-state index contributed by atoms with van der Waals surface area (Å²) in [7, 11) is -1.64. The number of carbonyl (C=O) groups is 2. The molecule has 0 amide bonds. The second-order valence-electron chi connectivity index (χ2n) is 5.75. The van der Waals surface area contributed by atoms with Crippen LogP contribution < -0.4 is 4.72 Å². The fourth-order valence-electron chi connectivity index (χ4n) is 2.41. The Bertz CT molecular complexity index is 983. The van der Waals surface area contributed by atoms with Crippen molar-refractivity contribution < 1.29 is 27.5 Å². The van der Waals surface area contributed by atoms with Crippen LogP contribution in [0.2, 0.25) is 5.02 Å². The highest BCUT2D eigenvalue weighted by atomic mass is 35.5. The second kappa shape index (κ2) is 7.98. The largest absolute Gasteiger partial charge is 0.465 e. The normalized spacial score (nSPS) is 11.0. The van der Waals surface area contributed by atoms with Crippen molar-refractivity contribution in [1.82, 2.24) is 0 Å². The molecule has 9 heteroatoms. The smallest absolute Gasteiger partial charge is 0.337 e. The van der Waals surface area contributed by atoms with E-state index in [9.17, 15) is 18.0 Å². The Hall–Kier alpha value is -2.58. The van der Waals surface area contributed by atoms with Gasteiger partial charge in [-0.1, -0.05) is 11.6 Å². The summed E-state index contributed by atoms with van der Waals surface area (Å²) in [5, 5.41) is 0.451. The van der Waals surface area contributed by atoms with Gasteiger partial charge in [0, 0.05) is 5.02 Å². The molecule has 27 heavy (non-hydrogen) atoms. The summed E-state index contributed by atoms with van der Waals surface area (Å²) in [5.74, 6) is -1.44. The maximum Gasteiger partial charge on any atom is 0.337 e. The van der Waals surface area contributed by atoms with E-state index >= 15 is 0 Å². The third-order valence-corrected chi connectivity index (χ3v) is 5.70. The van der Waals surface area contributed by atoms with Gasteiger partial charge >= 0.3 is 11.9 Å². The Balaban J connectivity index is 2.53. The lowest BCUT2D eigenvalue weighted by Gasteiger charge is -2.13. The van der Waals surface area contributed by atoms with Crippen LogP contribution in [0.1, 0.15) is 31.8 Å². The van der Waals surface area contributed by atoms with E-state index in [0.717, 1.165) is 0 Å². The van der Waals surface area contributed by atoms with Gasteiger partial charge in [0.05, 0.1) is 35.9 Å². The van der Waals surface area contributed by atoms with Gasteiger partial charge < -0.3 is 9.47 Å². The molecule has 0 saturated carbocycles. The number of benzene rings is 2. The number of esters is 2. The highest BCUT2D eigenvalue weighted by molar-refractivity contribution is 7.92. The summed E-state index contributed by atoms with van der Waals surface area (Å²) < 4.78 is 37.3. The number of hydrogen-bond donors (Lipinski definition) is 1. The molecule has 144 valence electrons. The Morgan fingerprint density at radius 1 is 0.889 bits per heavy atom. The van der Waals surface area contributed by atoms with Crippen molar-refractivity contribution in [3.63, 3.8) is 0 Å². The SMILES string of the molecule is COC(=O)c1cc(NS(=O)(=O)c2cc(C)c(Cl)cc2C)cc(C(=O)OC)c1. The zero-order valence-electron chi connectivity index (χ0n) is 15.1. The number of hydrogen-bond acceptors (Lipinski definition) is 6. The van der Waals surface area contributed by atoms with E-state index in [1.165, 1.54) is 38.5 Å². The number of aryl methyl sites for hydroxylation is 2. The summed E-state index contributed by atoms with van der Waals surface area (Å²) in [6.45, 7) is 3.30. The van der Waals surface area contributed by atoms with Gasteiger partial charge in [0.25, 0.3) is 10.0 Å². The topological polar surface area (TPSA) is 98.8 Å². The van der Waals surface area contributed by atoms with E-state index in [1.807, 2.05) is 0 Å². The predicted molar refractivity (Wildman–Crippen MR) is 101 cm³/mol. The Kier molecular flexibility index (Phi) is 6.12.